The fourth-order valence-corrected chi connectivity index (χ4v) is 2.83. The van der Waals surface area contributed by atoms with Gasteiger partial charge in [0.25, 0.3) is 5.89 Å². The highest BCUT2D eigenvalue weighted by atomic mass is 35.5. The number of aromatic nitrogens is 4. The molecule has 3 rings (SSSR count). The largest absolute Gasteiger partial charge is 0.415 e. The van der Waals surface area contributed by atoms with Gasteiger partial charge in [-0.15, -0.1) is 10.2 Å². The van der Waals surface area contributed by atoms with Gasteiger partial charge in [-0.1, -0.05) is 11.6 Å². The van der Waals surface area contributed by atoms with Crippen LogP contribution in [0.3, 0.4) is 0 Å². The van der Waals surface area contributed by atoms with Gasteiger partial charge in [0.15, 0.2) is 18.0 Å². The normalized spacial score (nSPS) is 12.7. The van der Waals surface area contributed by atoms with Crippen LogP contribution in [0.25, 0.3) is 11.5 Å². The first-order valence-corrected chi connectivity index (χ1v) is 8.87. The summed E-state index contributed by atoms with van der Waals surface area (Å²) in [6.07, 6.45) is 3.96. The molecule has 2 aromatic heterocycles. The molecule has 0 bridgehead atoms. The number of hydrogen-bond acceptors (Lipinski definition) is 4. The van der Waals surface area contributed by atoms with Gasteiger partial charge < -0.3 is 13.9 Å². The third kappa shape index (κ3) is 4.18. The van der Waals surface area contributed by atoms with E-state index in [1.54, 1.807) is 0 Å². The van der Waals surface area contributed by atoms with Crippen molar-refractivity contribution in [2.75, 3.05) is 0 Å². The van der Waals surface area contributed by atoms with Crippen molar-refractivity contribution in [2.24, 2.45) is 7.05 Å². The second-order valence-corrected chi connectivity index (χ2v) is 7.12. The third-order valence-corrected chi connectivity index (χ3v) is 4.92. The SMILES string of the molecule is CC(C)[NH+](Cc1nnc(-c2ccc(Cl)cc2)o1)Cn1ccn(C)c1=S. The van der Waals surface area contributed by atoms with Crippen molar-refractivity contribution >= 4 is 23.8 Å². The number of halogens is 1. The van der Waals surface area contributed by atoms with E-state index in [1.807, 2.05) is 48.3 Å². The van der Waals surface area contributed by atoms with Gasteiger partial charge in [0.05, 0.1) is 6.04 Å². The Hall–Kier alpha value is -1.96. The summed E-state index contributed by atoms with van der Waals surface area (Å²) >= 11 is 11.3. The van der Waals surface area contributed by atoms with Crippen LogP contribution in [0.4, 0.5) is 0 Å². The molecule has 0 aliphatic heterocycles. The Balaban J connectivity index is 1.75. The lowest BCUT2D eigenvalue weighted by Crippen LogP contribution is -3.13. The summed E-state index contributed by atoms with van der Waals surface area (Å²) < 4.78 is 10.6. The zero-order valence-corrected chi connectivity index (χ0v) is 16.0. The second-order valence-electron chi connectivity index (χ2n) is 6.32. The van der Waals surface area contributed by atoms with Crippen LogP contribution in [-0.2, 0) is 20.3 Å². The quantitative estimate of drug-likeness (QED) is 0.670. The topological polar surface area (TPSA) is 53.2 Å². The standard InChI is InChI=1S/C17H20ClN5OS/c1-12(2)23(11-22-9-8-21(3)17(22)25)10-15-19-20-16(24-15)13-4-6-14(18)7-5-13/h4-9,12H,10-11H2,1-3H3/p+1. The number of imidazole rings is 1. The molecular formula is C17H21ClN5OS+. The molecule has 0 spiro atoms. The maximum absolute atomic E-state index is 5.92. The number of benzene rings is 1. The Bertz CT molecular complexity index is 896. The van der Waals surface area contributed by atoms with Crippen molar-refractivity contribution in [1.82, 2.24) is 19.3 Å². The van der Waals surface area contributed by atoms with Crippen molar-refractivity contribution in [3.8, 4) is 11.5 Å². The van der Waals surface area contributed by atoms with E-state index in [4.69, 9.17) is 28.2 Å². The average molecular weight is 379 g/mol. The van der Waals surface area contributed by atoms with Gasteiger partial charge in [-0.25, -0.2) is 0 Å². The first-order valence-electron chi connectivity index (χ1n) is 8.08. The van der Waals surface area contributed by atoms with E-state index in [1.165, 1.54) is 4.90 Å². The van der Waals surface area contributed by atoms with Crippen LogP contribution < -0.4 is 4.90 Å². The van der Waals surface area contributed by atoms with Gasteiger partial charge in [-0.2, -0.15) is 0 Å². The maximum atomic E-state index is 5.92. The van der Waals surface area contributed by atoms with Crippen LogP contribution in [0.1, 0.15) is 19.7 Å². The number of nitrogens with one attached hydrogen (secondary N) is 1. The highest BCUT2D eigenvalue weighted by molar-refractivity contribution is 7.71. The van der Waals surface area contributed by atoms with E-state index < -0.39 is 0 Å². The van der Waals surface area contributed by atoms with Crippen LogP contribution in [0.5, 0.6) is 0 Å². The lowest BCUT2D eigenvalue weighted by atomic mass is 10.2. The second kappa shape index (κ2) is 7.51. The molecule has 1 aromatic carbocycles. The number of nitrogens with zero attached hydrogens (tertiary/aromatic N) is 4. The van der Waals surface area contributed by atoms with Crippen molar-refractivity contribution in [3.63, 3.8) is 0 Å². The van der Waals surface area contributed by atoms with E-state index in [9.17, 15) is 0 Å². The molecule has 6 nitrogen and oxygen atoms in total. The zero-order valence-electron chi connectivity index (χ0n) is 14.4. The van der Waals surface area contributed by atoms with Gasteiger partial charge in [-0.3, -0.25) is 4.57 Å². The summed E-state index contributed by atoms with van der Waals surface area (Å²) in [4.78, 5) is 1.29. The molecule has 0 radical (unpaired) electrons. The van der Waals surface area contributed by atoms with Crippen molar-refractivity contribution < 1.29 is 9.32 Å². The number of rotatable bonds is 6. The van der Waals surface area contributed by atoms with Crippen molar-refractivity contribution in [3.05, 3.63) is 52.3 Å². The molecule has 0 aliphatic carbocycles. The van der Waals surface area contributed by atoms with Crippen LogP contribution >= 0.6 is 23.8 Å². The van der Waals surface area contributed by atoms with Gasteiger partial charge >= 0.3 is 0 Å². The highest BCUT2D eigenvalue weighted by Crippen LogP contribution is 2.19. The first-order chi connectivity index (χ1) is 11.9. The van der Waals surface area contributed by atoms with Gasteiger partial charge in [0.2, 0.25) is 5.89 Å². The van der Waals surface area contributed by atoms with Crippen LogP contribution in [0.2, 0.25) is 5.02 Å². The summed E-state index contributed by atoms with van der Waals surface area (Å²) in [5, 5.41) is 9.03. The summed E-state index contributed by atoms with van der Waals surface area (Å²) in [6, 6.07) is 7.74. The minimum atomic E-state index is 0.382. The van der Waals surface area contributed by atoms with E-state index in [0.29, 0.717) is 29.4 Å². The molecule has 0 aliphatic rings. The predicted molar refractivity (Wildman–Crippen MR) is 98.8 cm³/mol. The van der Waals surface area contributed by atoms with Crippen LogP contribution in [0.15, 0.2) is 41.1 Å². The molecule has 1 atom stereocenters. The van der Waals surface area contributed by atoms with Gasteiger partial charge in [0, 0.05) is 30.0 Å². The fourth-order valence-electron chi connectivity index (χ4n) is 2.52. The van der Waals surface area contributed by atoms with E-state index in [-0.39, 0.29) is 0 Å². The van der Waals surface area contributed by atoms with Crippen LogP contribution in [0, 0.1) is 4.77 Å². The minimum Gasteiger partial charge on any atom is -0.415 e. The van der Waals surface area contributed by atoms with Crippen molar-refractivity contribution in [1.29, 1.82) is 0 Å². The highest BCUT2D eigenvalue weighted by Gasteiger charge is 2.19. The molecule has 132 valence electrons. The Kier molecular flexibility index (Phi) is 5.36. The minimum absolute atomic E-state index is 0.382. The average Bonchev–Trinajstić information content (AvgIpc) is 3.17. The first kappa shape index (κ1) is 17.8. The molecule has 8 heteroatoms. The van der Waals surface area contributed by atoms with Crippen molar-refractivity contribution in [2.45, 2.75) is 33.1 Å². The maximum Gasteiger partial charge on any atom is 0.271 e. The molecule has 0 saturated heterocycles. The summed E-state index contributed by atoms with van der Waals surface area (Å²) in [5.41, 5.74) is 0.861. The molecule has 0 fully saturated rings. The molecule has 1 unspecified atom stereocenters. The molecule has 0 amide bonds. The van der Waals surface area contributed by atoms with E-state index in [2.05, 4.69) is 28.6 Å². The zero-order chi connectivity index (χ0) is 18.0. The Morgan fingerprint density at radius 2 is 1.92 bits per heavy atom. The van der Waals surface area contributed by atoms with Crippen LogP contribution in [-0.4, -0.2) is 25.4 Å². The molecular weight excluding hydrogens is 358 g/mol. The summed E-state index contributed by atoms with van der Waals surface area (Å²) in [6.45, 7) is 5.71. The number of hydrogen-bond donors (Lipinski definition) is 1. The smallest absolute Gasteiger partial charge is 0.271 e. The van der Waals surface area contributed by atoms with E-state index in [0.717, 1.165) is 17.0 Å². The Morgan fingerprint density at radius 1 is 1.20 bits per heavy atom. The molecule has 25 heavy (non-hydrogen) atoms. The number of quaternary nitrogens is 1. The lowest BCUT2D eigenvalue weighted by Gasteiger charge is -2.22. The van der Waals surface area contributed by atoms with Gasteiger partial charge in [-0.05, 0) is 50.3 Å². The predicted octanol–water partition coefficient (Wildman–Crippen LogP) is 2.71. The van der Waals surface area contributed by atoms with E-state index >= 15 is 0 Å². The summed E-state index contributed by atoms with van der Waals surface area (Å²) in [5.74, 6) is 1.11. The third-order valence-electron chi connectivity index (χ3n) is 4.14. The summed E-state index contributed by atoms with van der Waals surface area (Å²) in [7, 11) is 1.95. The Labute approximate surface area is 156 Å². The fraction of sp³-hybridized carbons (Fsp3) is 0.353. The molecule has 3 aromatic rings. The number of aryl methyl sites for hydroxylation is 1. The molecule has 0 saturated carbocycles. The monoisotopic (exact) mass is 378 g/mol. The molecule has 1 N–H and O–H groups in total. The molecule has 2 heterocycles. The lowest BCUT2D eigenvalue weighted by molar-refractivity contribution is -0.958. The van der Waals surface area contributed by atoms with Gasteiger partial charge in [0.1, 0.15) is 0 Å². The Morgan fingerprint density at radius 3 is 2.52 bits per heavy atom.